The molecular formula is C15H25N3O3S. The molecule has 0 unspecified atom stereocenters. The van der Waals surface area contributed by atoms with Crippen LogP contribution in [0, 0.1) is 6.92 Å². The van der Waals surface area contributed by atoms with E-state index in [1.165, 1.54) is 0 Å². The summed E-state index contributed by atoms with van der Waals surface area (Å²) in [6.45, 7) is 7.66. The minimum atomic E-state index is -0.391. The second-order valence-electron chi connectivity index (χ2n) is 5.11. The Morgan fingerprint density at radius 1 is 1.32 bits per heavy atom. The number of amides is 1. The largest absolute Gasteiger partial charge is 0.462 e. The second kappa shape index (κ2) is 9.53. The average molecular weight is 327 g/mol. The van der Waals surface area contributed by atoms with Gasteiger partial charge in [-0.1, -0.05) is 24.7 Å². The van der Waals surface area contributed by atoms with Gasteiger partial charge in [0.2, 0.25) is 5.91 Å². The van der Waals surface area contributed by atoms with E-state index in [0.29, 0.717) is 35.3 Å². The van der Waals surface area contributed by atoms with Crippen molar-refractivity contribution in [3.63, 3.8) is 0 Å². The Morgan fingerprint density at radius 2 is 2.05 bits per heavy atom. The molecule has 0 saturated heterocycles. The fraction of sp³-hybridized carbons (Fsp3) is 0.667. The van der Waals surface area contributed by atoms with Crippen molar-refractivity contribution >= 4 is 28.3 Å². The van der Waals surface area contributed by atoms with Gasteiger partial charge in [0.1, 0.15) is 4.88 Å². The van der Waals surface area contributed by atoms with Crippen molar-refractivity contribution in [3.8, 4) is 0 Å². The van der Waals surface area contributed by atoms with Gasteiger partial charge in [-0.3, -0.25) is 4.79 Å². The summed E-state index contributed by atoms with van der Waals surface area (Å²) < 4.78 is 4.96. The van der Waals surface area contributed by atoms with Crippen LogP contribution in [0.5, 0.6) is 0 Å². The lowest BCUT2D eigenvalue weighted by Crippen LogP contribution is -2.25. The second-order valence-corrected chi connectivity index (χ2v) is 6.11. The number of unbranched alkanes of at least 4 members (excludes halogenated alkanes) is 1. The monoisotopic (exact) mass is 327 g/mol. The number of carbonyl (C=O) groups excluding carboxylic acids is 2. The third-order valence-electron chi connectivity index (χ3n) is 3.12. The molecule has 6 nitrogen and oxygen atoms in total. The number of ether oxygens (including phenoxy) is 1. The van der Waals surface area contributed by atoms with Crippen molar-refractivity contribution in [3.05, 3.63) is 10.6 Å². The van der Waals surface area contributed by atoms with E-state index in [4.69, 9.17) is 4.74 Å². The maximum absolute atomic E-state index is 11.9. The number of hydrogen-bond donors (Lipinski definition) is 1. The van der Waals surface area contributed by atoms with Crippen LogP contribution in [0.2, 0.25) is 0 Å². The SMILES string of the molecule is CCCCN(C)CCC(=O)Nc1nc(C)c(C(=O)OCC)s1. The summed E-state index contributed by atoms with van der Waals surface area (Å²) in [5, 5.41) is 3.19. The van der Waals surface area contributed by atoms with Crippen molar-refractivity contribution in [2.75, 3.05) is 32.1 Å². The van der Waals surface area contributed by atoms with E-state index in [1.54, 1.807) is 13.8 Å². The van der Waals surface area contributed by atoms with Crippen LogP contribution in [0.1, 0.15) is 48.5 Å². The fourth-order valence-corrected chi connectivity index (χ4v) is 2.73. The Hall–Kier alpha value is -1.47. The molecule has 0 aliphatic heterocycles. The zero-order valence-electron chi connectivity index (χ0n) is 13.8. The summed E-state index contributed by atoms with van der Waals surface area (Å²) >= 11 is 1.15. The number of aromatic nitrogens is 1. The lowest BCUT2D eigenvalue weighted by molar-refractivity contribution is -0.116. The van der Waals surface area contributed by atoms with E-state index in [9.17, 15) is 9.59 Å². The lowest BCUT2D eigenvalue weighted by atomic mass is 10.3. The van der Waals surface area contributed by atoms with E-state index in [2.05, 4.69) is 22.1 Å². The van der Waals surface area contributed by atoms with E-state index < -0.39 is 5.97 Å². The van der Waals surface area contributed by atoms with E-state index >= 15 is 0 Å². The molecule has 0 fully saturated rings. The smallest absolute Gasteiger partial charge is 0.350 e. The van der Waals surface area contributed by atoms with Crippen molar-refractivity contribution in [2.24, 2.45) is 0 Å². The van der Waals surface area contributed by atoms with Gasteiger partial charge in [0.15, 0.2) is 5.13 Å². The highest BCUT2D eigenvalue weighted by atomic mass is 32.1. The van der Waals surface area contributed by atoms with Gasteiger partial charge in [-0.25, -0.2) is 9.78 Å². The van der Waals surface area contributed by atoms with Crippen LogP contribution in [0.4, 0.5) is 5.13 Å². The maximum atomic E-state index is 11.9. The van der Waals surface area contributed by atoms with Crippen molar-refractivity contribution in [1.29, 1.82) is 0 Å². The van der Waals surface area contributed by atoms with Gasteiger partial charge >= 0.3 is 5.97 Å². The van der Waals surface area contributed by atoms with Gasteiger partial charge < -0.3 is 15.0 Å². The summed E-state index contributed by atoms with van der Waals surface area (Å²) in [5.41, 5.74) is 0.582. The molecule has 1 rings (SSSR count). The molecule has 0 bridgehead atoms. The number of carbonyl (C=O) groups is 2. The minimum Gasteiger partial charge on any atom is -0.462 e. The first-order chi connectivity index (χ1) is 10.5. The predicted molar refractivity (Wildman–Crippen MR) is 88.5 cm³/mol. The first kappa shape index (κ1) is 18.6. The molecule has 0 radical (unpaired) electrons. The first-order valence-corrected chi connectivity index (χ1v) is 8.42. The molecule has 1 amide bonds. The standard InChI is InChI=1S/C15H25N3O3S/c1-5-7-9-18(4)10-8-12(19)17-15-16-11(3)13(22-15)14(20)21-6-2/h5-10H2,1-4H3,(H,16,17,19). The van der Waals surface area contributed by atoms with Gasteiger partial charge in [0.25, 0.3) is 0 Å². The summed E-state index contributed by atoms with van der Waals surface area (Å²) in [5.74, 6) is -0.482. The van der Waals surface area contributed by atoms with Gasteiger partial charge in [-0.05, 0) is 33.9 Å². The van der Waals surface area contributed by atoms with Gasteiger partial charge in [-0.2, -0.15) is 0 Å². The number of rotatable bonds is 9. The van der Waals surface area contributed by atoms with E-state index in [1.807, 2.05) is 7.05 Å². The highest BCUT2D eigenvalue weighted by Crippen LogP contribution is 2.23. The third-order valence-corrected chi connectivity index (χ3v) is 4.17. The zero-order valence-corrected chi connectivity index (χ0v) is 14.6. The van der Waals surface area contributed by atoms with Crippen LogP contribution in [0.25, 0.3) is 0 Å². The fourth-order valence-electron chi connectivity index (χ4n) is 1.85. The van der Waals surface area contributed by atoms with Gasteiger partial charge in [-0.15, -0.1) is 0 Å². The zero-order chi connectivity index (χ0) is 16.5. The summed E-state index contributed by atoms with van der Waals surface area (Å²) in [4.78, 5) is 30.4. The topological polar surface area (TPSA) is 71.5 Å². The van der Waals surface area contributed by atoms with Crippen LogP contribution in [-0.4, -0.2) is 48.5 Å². The molecule has 0 aliphatic rings. The highest BCUT2D eigenvalue weighted by molar-refractivity contribution is 7.17. The molecule has 1 aromatic rings. The minimum absolute atomic E-state index is 0.0903. The number of hydrogen-bond acceptors (Lipinski definition) is 6. The first-order valence-electron chi connectivity index (χ1n) is 7.60. The molecule has 0 atom stereocenters. The molecule has 1 aromatic heterocycles. The lowest BCUT2D eigenvalue weighted by Gasteiger charge is -2.15. The quantitative estimate of drug-likeness (QED) is 0.706. The Balaban J connectivity index is 2.48. The summed E-state index contributed by atoms with van der Waals surface area (Å²) in [6, 6.07) is 0. The molecule has 0 spiro atoms. The third kappa shape index (κ3) is 6.11. The van der Waals surface area contributed by atoms with Crippen LogP contribution in [0.3, 0.4) is 0 Å². The molecule has 1 N–H and O–H groups in total. The molecule has 0 aliphatic carbocycles. The molecule has 7 heteroatoms. The number of thiazole rings is 1. The Morgan fingerprint density at radius 3 is 2.68 bits per heavy atom. The molecule has 124 valence electrons. The Kier molecular flexibility index (Phi) is 8.05. The van der Waals surface area contributed by atoms with Crippen LogP contribution >= 0.6 is 11.3 Å². The summed E-state index contributed by atoms with van der Waals surface area (Å²) in [7, 11) is 2.01. The van der Waals surface area contributed by atoms with Crippen LogP contribution < -0.4 is 5.32 Å². The predicted octanol–water partition coefficient (Wildman–Crippen LogP) is 2.69. The normalized spacial score (nSPS) is 10.8. The number of esters is 1. The number of nitrogens with one attached hydrogen (secondary N) is 1. The molecule has 22 heavy (non-hydrogen) atoms. The van der Waals surface area contributed by atoms with E-state index in [-0.39, 0.29) is 5.91 Å². The Labute approximate surface area is 135 Å². The number of anilines is 1. The molecular weight excluding hydrogens is 302 g/mol. The van der Waals surface area contributed by atoms with Crippen LogP contribution in [0.15, 0.2) is 0 Å². The van der Waals surface area contributed by atoms with Crippen molar-refractivity contribution in [2.45, 2.75) is 40.0 Å². The number of nitrogens with zero attached hydrogens (tertiary/aromatic N) is 2. The molecule has 1 heterocycles. The Bertz CT molecular complexity index is 502. The highest BCUT2D eigenvalue weighted by Gasteiger charge is 2.17. The van der Waals surface area contributed by atoms with Gasteiger partial charge in [0.05, 0.1) is 12.3 Å². The average Bonchev–Trinajstić information content (AvgIpc) is 2.83. The van der Waals surface area contributed by atoms with Crippen LogP contribution in [-0.2, 0) is 9.53 Å². The van der Waals surface area contributed by atoms with Gasteiger partial charge in [0, 0.05) is 13.0 Å². The number of aryl methyl sites for hydroxylation is 1. The summed E-state index contributed by atoms with van der Waals surface area (Å²) in [6.07, 6.45) is 2.69. The van der Waals surface area contributed by atoms with E-state index in [0.717, 1.165) is 30.7 Å². The van der Waals surface area contributed by atoms with Crippen molar-refractivity contribution < 1.29 is 14.3 Å². The maximum Gasteiger partial charge on any atom is 0.350 e. The van der Waals surface area contributed by atoms with Crippen molar-refractivity contribution in [1.82, 2.24) is 9.88 Å². The molecule has 0 aromatic carbocycles. The molecule has 0 saturated carbocycles.